The Hall–Kier alpha value is -4.25. The largest absolute Gasteiger partial charge is 0.504 e. The highest BCUT2D eigenvalue weighted by Crippen LogP contribution is 2.66. The molecule has 1 saturated carbocycles. The topological polar surface area (TPSA) is 104 Å². The third-order valence-corrected chi connectivity index (χ3v) is 12.1. The number of rotatable bonds is 5. The van der Waals surface area contributed by atoms with Crippen LogP contribution in [0.3, 0.4) is 0 Å². The number of methoxy groups -OCH3 is 1. The van der Waals surface area contributed by atoms with Crippen LogP contribution in [0.2, 0.25) is 5.02 Å². The Bertz CT molecular complexity index is 2140. The maximum absolute atomic E-state index is 15.4. The van der Waals surface area contributed by atoms with Gasteiger partial charge in [0.2, 0.25) is 23.6 Å². The predicted octanol–water partition coefficient (Wildman–Crippen LogP) is 7.95. The Morgan fingerprint density at radius 3 is 2.24 bits per heavy atom. The van der Waals surface area contributed by atoms with Gasteiger partial charge in [-0.1, -0.05) is 91.5 Å². The van der Waals surface area contributed by atoms with Crippen molar-refractivity contribution in [3.05, 3.63) is 128 Å². The van der Waals surface area contributed by atoms with Gasteiger partial charge in [-0.15, -0.1) is 0 Å². The van der Waals surface area contributed by atoms with Gasteiger partial charge in [0.15, 0.2) is 11.5 Å². The van der Waals surface area contributed by atoms with Crippen LogP contribution in [0.15, 0.2) is 112 Å². The number of carbonyl (C=O) groups is 4. The summed E-state index contributed by atoms with van der Waals surface area (Å²) in [6, 6.07) is 26.2. The zero-order chi connectivity index (χ0) is 35.1. The van der Waals surface area contributed by atoms with E-state index in [-0.39, 0.29) is 36.2 Å². The van der Waals surface area contributed by atoms with E-state index in [9.17, 15) is 19.5 Å². The molecular weight excluding hydrogens is 788 g/mol. The van der Waals surface area contributed by atoms with Crippen LogP contribution in [0.4, 0.5) is 11.4 Å². The number of hydrogen-bond acceptors (Lipinski definition) is 6. The summed E-state index contributed by atoms with van der Waals surface area (Å²) in [7, 11) is 1.44. The summed E-state index contributed by atoms with van der Waals surface area (Å²) in [4.78, 5) is 61.2. The molecular formula is C39H29Br2ClN2O6. The Kier molecular flexibility index (Phi) is 8.04. The number of phenols is 1. The minimum Gasteiger partial charge on any atom is -0.504 e. The fourth-order valence-corrected chi connectivity index (χ4v) is 9.81. The third kappa shape index (κ3) is 4.68. The molecule has 2 saturated heterocycles. The number of nitrogens with zero attached hydrogens (tertiary/aromatic N) is 2. The molecule has 2 aliphatic heterocycles. The molecule has 252 valence electrons. The van der Waals surface area contributed by atoms with Crippen LogP contribution >= 0.6 is 43.5 Å². The van der Waals surface area contributed by atoms with Gasteiger partial charge in [-0.3, -0.25) is 24.1 Å². The molecule has 50 heavy (non-hydrogen) atoms. The van der Waals surface area contributed by atoms with Crippen LogP contribution < -0.4 is 14.5 Å². The van der Waals surface area contributed by atoms with Gasteiger partial charge in [0.1, 0.15) is 0 Å². The SMILES string of the molecule is COc1cc(Br)cc([C@H]2C3=CC[C@@H]4C(=O)N(c5ccc(Br)cc5)C(=O)[C@@H]4[C@@H]3C[C@H]3C(=O)N(c4cccc(Cl)c4)C(=O)[C@@]23c2ccccc2)c1O. The lowest BCUT2D eigenvalue weighted by molar-refractivity contribution is -0.127. The summed E-state index contributed by atoms with van der Waals surface area (Å²) in [5.41, 5.74) is 0.970. The van der Waals surface area contributed by atoms with Crippen molar-refractivity contribution in [1.82, 2.24) is 0 Å². The summed E-state index contributed by atoms with van der Waals surface area (Å²) in [6.07, 6.45) is 2.35. The number of aromatic hydroxyl groups is 1. The normalized spacial score (nSPS) is 27.2. The van der Waals surface area contributed by atoms with Gasteiger partial charge in [-0.2, -0.15) is 0 Å². The van der Waals surface area contributed by atoms with Gasteiger partial charge in [0.25, 0.3) is 0 Å². The second kappa shape index (κ2) is 12.2. The Balaban J connectivity index is 1.38. The van der Waals surface area contributed by atoms with Crippen LogP contribution in [0.5, 0.6) is 11.5 Å². The van der Waals surface area contributed by atoms with Gasteiger partial charge >= 0.3 is 0 Å². The lowest BCUT2D eigenvalue weighted by atomic mass is 9.49. The Labute approximate surface area is 309 Å². The van der Waals surface area contributed by atoms with E-state index in [2.05, 4.69) is 31.9 Å². The van der Waals surface area contributed by atoms with Crippen molar-refractivity contribution < 1.29 is 29.0 Å². The highest BCUT2D eigenvalue weighted by Gasteiger charge is 2.70. The highest BCUT2D eigenvalue weighted by molar-refractivity contribution is 9.10. The molecule has 8 rings (SSSR count). The molecule has 2 aliphatic carbocycles. The first-order chi connectivity index (χ1) is 24.1. The summed E-state index contributed by atoms with van der Waals surface area (Å²) in [5.74, 6) is -5.41. The van der Waals surface area contributed by atoms with Crippen LogP contribution in [0.25, 0.3) is 0 Å². The smallest absolute Gasteiger partial charge is 0.246 e. The van der Waals surface area contributed by atoms with Crippen LogP contribution in [-0.2, 0) is 24.6 Å². The van der Waals surface area contributed by atoms with Gasteiger partial charge in [0, 0.05) is 25.4 Å². The van der Waals surface area contributed by atoms with E-state index >= 15 is 4.79 Å². The molecule has 6 atom stereocenters. The molecule has 0 aromatic heterocycles. The summed E-state index contributed by atoms with van der Waals surface area (Å²) in [6.45, 7) is 0. The molecule has 4 aromatic carbocycles. The molecule has 4 aromatic rings. The lowest BCUT2D eigenvalue weighted by Crippen LogP contribution is -2.53. The number of ether oxygens (including phenoxy) is 1. The fraction of sp³-hybridized carbons (Fsp3) is 0.231. The molecule has 0 spiro atoms. The number of carbonyl (C=O) groups excluding carboxylic acids is 4. The first kappa shape index (κ1) is 32.9. The second-order valence-corrected chi connectivity index (χ2v) is 15.4. The van der Waals surface area contributed by atoms with E-state index in [1.54, 1.807) is 60.7 Å². The Morgan fingerprint density at radius 1 is 0.800 bits per heavy atom. The molecule has 11 heteroatoms. The van der Waals surface area contributed by atoms with Crippen molar-refractivity contribution in [2.24, 2.45) is 23.7 Å². The molecule has 0 bridgehead atoms. The van der Waals surface area contributed by atoms with Gasteiger partial charge in [0.05, 0.1) is 41.7 Å². The predicted molar refractivity (Wildman–Crippen MR) is 195 cm³/mol. The van der Waals surface area contributed by atoms with E-state index < -0.39 is 46.8 Å². The number of anilines is 2. The average molecular weight is 817 g/mol. The monoisotopic (exact) mass is 814 g/mol. The van der Waals surface area contributed by atoms with Gasteiger partial charge < -0.3 is 9.84 Å². The van der Waals surface area contributed by atoms with E-state index in [1.165, 1.54) is 16.9 Å². The van der Waals surface area contributed by atoms with Crippen LogP contribution in [0, 0.1) is 23.7 Å². The highest BCUT2D eigenvalue weighted by atomic mass is 79.9. The van der Waals surface area contributed by atoms with Crippen LogP contribution in [0.1, 0.15) is 29.9 Å². The van der Waals surface area contributed by atoms with Crippen LogP contribution in [-0.4, -0.2) is 35.8 Å². The second-order valence-electron chi connectivity index (χ2n) is 13.1. The molecule has 0 radical (unpaired) electrons. The molecule has 0 unspecified atom stereocenters. The summed E-state index contributed by atoms with van der Waals surface area (Å²) in [5, 5.41) is 12.2. The molecule has 2 heterocycles. The van der Waals surface area contributed by atoms with Crippen molar-refractivity contribution in [2.45, 2.75) is 24.2 Å². The first-order valence-corrected chi connectivity index (χ1v) is 18.1. The standard InChI is InChI=1S/C39H29Br2ClN2O6/c1-50-31-17-22(41)16-29(34(31)45)33-26-14-15-27-32(37(48)43(35(27)46)24-12-10-21(40)11-13-24)28(26)19-30-36(47)44(25-9-5-8-23(42)18-25)38(49)39(30,33)20-6-3-2-4-7-20/h2-14,16-18,27-28,30,32-33,45H,15,19H2,1H3/t27-,28+,30-,32-,33+,39+/m0/s1. The maximum Gasteiger partial charge on any atom is 0.246 e. The summed E-state index contributed by atoms with van der Waals surface area (Å²) >= 11 is 13.4. The summed E-state index contributed by atoms with van der Waals surface area (Å²) < 4.78 is 6.99. The van der Waals surface area contributed by atoms with E-state index in [1.807, 2.05) is 36.4 Å². The van der Waals surface area contributed by atoms with Gasteiger partial charge in [-0.25, -0.2) is 4.90 Å². The number of halogens is 3. The zero-order valence-corrected chi connectivity index (χ0v) is 30.5. The van der Waals surface area contributed by atoms with Crippen molar-refractivity contribution >= 4 is 78.5 Å². The van der Waals surface area contributed by atoms with Crippen molar-refractivity contribution in [1.29, 1.82) is 0 Å². The third-order valence-electron chi connectivity index (χ3n) is 10.9. The number of hydrogen-bond donors (Lipinski definition) is 1. The number of phenolic OH excluding ortho intramolecular Hbond substituents is 1. The number of amides is 4. The van der Waals surface area contributed by atoms with Crippen molar-refractivity contribution in [3.63, 3.8) is 0 Å². The molecule has 1 N–H and O–H groups in total. The average Bonchev–Trinajstić information content (AvgIpc) is 3.50. The number of benzene rings is 4. The minimum absolute atomic E-state index is 0.138. The first-order valence-electron chi connectivity index (χ1n) is 16.2. The van der Waals surface area contributed by atoms with Crippen molar-refractivity contribution in [2.75, 3.05) is 16.9 Å². The molecule has 3 fully saturated rings. The quantitative estimate of drug-likeness (QED) is 0.162. The minimum atomic E-state index is -1.53. The van der Waals surface area contributed by atoms with Crippen molar-refractivity contribution in [3.8, 4) is 11.5 Å². The lowest BCUT2D eigenvalue weighted by Gasteiger charge is -2.50. The number of imide groups is 2. The number of allylic oxidation sites excluding steroid dienone is 2. The van der Waals surface area contributed by atoms with Gasteiger partial charge in [-0.05, 0) is 78.9 Å². The molecule has 8 nitrogen and oxygen atoms in total. The van der Waals surface area contributed by atoms with E-state index in [0.29, 0.717) is 32.0 Å². The zero-order valence-electron chi connectivity index (χ0n) is 26.6. The fourth-order valence-electron chi connectivity index (χ4n) is 8.90. The maximum atomic E-state index is 15.4. The number of fused-ring (bicyclic) bond motifs is 4. The Morgan fingerprint density at radius 2 is 1.54 bits per heavy atom. The van der Waals surface area contributed by atoms with E-state index in [4.69, 9.17) is 16.3 Å². The van der Waals surface area contributed by atoms with E-state index in [0.717, 1.165) is 10.0 Å². The molecule has 4 amide bonds. The molecule has 4 aliphatic rings.